The normalized spacial score (nSPS) is 19.2. The molecule has 7 nitrogen and oxygen atoms in total. The van der Waals surface area contributed by atoms with E-state index in [-0.39, 0.29) is 29.8 Å². The number of carbonyl (C=O) groups excluding carboxylic acids is 3. The van der Waals surface area contributed by atoms with Crippen LogP contribution in [0, 0.1) is 5.92 Å². The fraction of sp³-hybridized carbons (Fsp3) is 0.679. The van der Waals surface area contributed by atoms with E-state index in [2.05, 4.69) is 24.1 Å². The van der Waals surface area contributed by atoms with E-state index in [9.17, 15) is 14.4 Å². The van der Waals surface area contributed by atoms with Crippen molar-refractivity contribution in [2.75, 3.05) is 33.7 Å². The molecular formula is C28H43ClN4O3. The minimum Gasteiger partial charge on any atom is -0.344 e. The van der Waals surface area contributed by atoms with E-state index < -0.39 is 6.04 Å². The molecule has 0 spiro atoms. The van der Waals surface area contributed by atoms with Crippen molar-refractivity contribution in [2.45, 2.75) is 83.3 Å². The highest BCUT2D eigenvalue weighted by molar-refractivity contribution is 6.30. The zero-order valence-corrected chi connectivity index (χ0v) is 23.1. The Morgan fingerprint density at radius 3 is 2.33 bits per heavy atom. The lowest BCUT2D eigenvalue weighted by Crippen LogP contribution is -2.51. The molecule has 2 unspecified atom stereocenters. The van der Waals surface area contributed by atoms with Crippen LogP contribution in [0.1, 0.15) is 64.4 Å². The highest BCUT2D eigenvalue weighted by atomic mass is 35.5. The molecule has 1 heterocycles. The molecule has 1 saturated heterocycles. The maximum Gasteiger partial charge on any atom is 0.245 e. The van der Waals surface area contributed by atoms with Crippen molar-refractivity contribution in [1.29, 1.82) is 0 Å². The molecule has 2 atom stereocenters. The number of carbonyl (C=O) groups is 3. The second-order valence-electron chi connectivity index (χ2n) is 11.1. The van der Waals surface area contributed by atoms with Crippen molar-refractivity contribution in [3.8, 4) is 0 Å². The summed E-state index contributed by atoms with van der Waals surface area (Å²) in [4.78, 5) is 45.5. The summed E-state index contributed by atoms with van der Waals surface area (Å²) in [6.45, 7) is 5.91. The molecule has 0 radical (unpaired) electrons. The monoisotopic (exact) mass is 518 g/mol. The molecule has 2 fully saturated rings. The molecule has 8 heteroatoms. The van der Waals surface area contributed by atoms with Gasteiger partial charge in [-0.1, -0.05) is 50.4 Å². The van der Waals surface area contributed by atoms with Crippen molar-refractivity contribution in [3.63, 3.8) is 0 Å². The molecule has 1 N–H and O–H groups in total. The van der Waals surface area contributed by atoms with Gasteiger partial charge in [0.1, 0.15) is 6.04 Å². The number of hydrogen-bond acceptors (Lipinski definition) is 4. The third-order valence-electron chi connectivity index (χ3n) is 7.23. The summed E-state index contributed by atoms with van der Waals surface area (Å²) >= 11 is 6.04. The quantitative estimate of drug-likeness (QED) is 0.484. The lowest BCUT2D eigenvalue weighted by atomic mass is 10.0. The van der Waals surface area contributed by atoms with Gasteiger partial charge in [0.05, 0.1) is 6.04 Å². The third-order valence-corrected chi connectivity index (χ3v) is 7.48. The van der Waals surface area contributed by atoms with Crippen LogP contribution in [0.15, 0.2) is 24.3 Å². The van der Waals surface area contributed by atoms with Crippen LogP contribution in [0.5, 0.6) is 0 Å². The fourth-order valence-corrected chi connectivity index (χ4v) is 5.51. The highest BCUT2D eigenvalue weighted by Gasteiger charge is 2.39. The zero-order chi connectivity index (χ0) is 26.2. The molecule has 0 aromatic heterocycles. The van der Waals surface area contributed by atoms with Gasteiger partial charge in [0, 0.05) is 50.0 Å². The standard InChI is InChI=1S/C28H43ClN4O3/c1-20(2)17-27(35)33(23-7-5-6-8-23)24-13-16-32(19-24)28(36)25(30-26(34)14-15-31(3)4)18-21-9-11-22(29)12-10-21/h9-12,20,23-25H,5-8,13-19H2,1-4H3,(H,30,34). The molecular weight excluding hydrogens is 476 g/mol. The average Bonchev–Trinajstić information content (AvgIpc) is 3.51. The Balaban J connectivity index is 1.72. The number of likely N-dealkylation sites (tertiary alicyclic amines) is 1. The first-order chi connectivity index (χ1) is 17.1. The topological polar surface area (TPSA) is 73.0 Å². The van der Waals surface area contributed by atoms with Gasteiger partial charge in [-0.3, -0.25) is 14.4 Å². The number of nitrogens with one attached hydrogen (secondary N) is 1. The summed E-state index contributed by atoms with van der Waals surface area (Å²) in [5.41, 5.74) is 0.945. The lowest BCUT2D eigenvalue weighted by molar-refractivity contribution is -0.139. The fourth-order valence-electron chi connectivity index (χ4n) is 5.38. The SMILES string of the molecule is CC(C)CC(=O)N(C1CCCC1)C1CCN(C(=O)C(Cc2ccc(Cl)cc2)NC(=O)CCN(C)C)C1. The Labute approximate surface area is 221 Å². The molecule has 1 aliphatic carbocycles. The zero-order valence-electron chi connectivity index (χ0n) is 22.3. The highest BCUT2D eigenvalue weighted by Crippen LogP contribution is 2.30. The summed E-state index contributed by atoms with van der Waals surface area (Å²) in [5, 5.41) is 3.63. The number of hydrogen-bond donors (Lipinski definition) is 1. The molecule has 2 aliphatic rings. The minimum atomic E-state index is -0.647. The molecule has 1 saturated carbocycles. The average molecular weight is 519 g/mol. The summed E-state index contributed by atoms with van der Waals surface area (Å²) in [6, 6.07) is 7.08. The van der Waals surface area contributed by atoms with Gasteiger partial charge >= 0.3 is 0 Å². The van der Waals surface area contributed by atoms with Crippen LogP contribution in [0.2, 0.25) is 5.02 Å². The van der Waals surface area contributed by atoms with E-state index in [1.54, 1.807) is 12.1 Å². The van der Waals surface area contributed by atoms with Gasteiger partial charge in [-0.2, -0.15) is 0 Å². The number of nitrogens with zero attached hydrogens (tertiary/aromatic N) is 3. The van der Waals surface area contributed by atoms with Crippen molar-refractivity contribution >= 4 is 29.3 Å². The second kappa shape index (κ2) is 13.4. The second-order valence-corrected chi connectivity index (χ2v) is 11.5. The predicted molar refractivity (Wildman–Crippen MR) is 144 cm³/mol. The van der Waals surface area contributed by atoms with Crippen molar-refractivity contribution in [3.05, 3.63) is 34.9 Å². The Morgan fingerprint density at radius 2 is 1.72 bits per heavy atom. The number of rotatable bonds is 11. The number of halogens is 1. The summed E-state index contributed by atoms with van der Waals surface area (Å²) in [7, 11) is 3.84. The molecule has 36 heavy (non-hydrogen) atoms. The van der Waals surface area contributed by atoms with Crippen LogP contribution < -0.4 is 5.32 Å². The van der Waals surface area contributed by atoms with Gasteiger partial charge in [-0.15, -0.1) is 0 Å². The molecule has 1 aromatic rings. The Bertz CT molecular complexity index is 883. The van der Waals surface area contributed by atoms with E-state index in [1.807, 2.05) is 36.0 Å². The maximum atomic E-state index is 13.7. The molecule has 200 valence electrons. The Kier molecular flexibility index (Phi) is 10.6. The minimum absolute atomic E-state index is 0.0453. The van der Waals surface area contributed by atoms with Crippen LogP contribution >= 0.6 is 11.6 Å². The summed E-state index contributed by atoms with van der Waals surface area (Å²) < 4.78 is 0. The molecule has 3 rings (SSSR count). The van der Waals surface area contributed by atoms with Crippen molar-refractivity contribution in [1.82, 2.24) is 20.0 Å². The smallest absolute Gasteiger partial charge is 0.245 e. The van der Waals surface area contributed by atoms with Crippen molar-refractivity contribution < 1.29 is 14.4 Å². The van der Waals surface area contributed by atoms with Gasteiger partial charge in [-0.05, 0) is 57.0 Å². The lowest BCUT2D eigenvalue weighted by Gasteiger charge is -2.35. The molecule has 1 aliphatic heterocycles. The first-order valence-corrected chi connectivity index (χ1v) is 13.8. The van der Waals surface area contributed by atoms with Crippen LogP contribution in [-0.2, 0) is 20.8 Å². The third kappa shape index (κ3) is 8.20. The predicted octanol–water partition coefficient (Wildman–Crippen LogP) is 3.74. The Morgan fingerprint density at radius 1 is 1.06 bits per heavy atom. The van der Waals surface area contributed by atoms with Gasteiger partial charge < -0.3 is 20.0 Å². The number of amides is 3. The van der Waals surface area contributed by atoms with Crippen LogP contribution in [0.25, 0.3) is 0 Å². The largest absolute Gasteiger partial charge is 0.344 e. The molecule has 1 aromatic carbocycles. The first kappa shape index (κ1) is 28.5. The van der Waals surface area contributed by atoms with Gasteiger partial charge in [0.25, 0.3) is 0 Å². The van der Waals surface area contributed by atoms with Crippen LogP contribution in [0.4, 0.5) is 0 Å². The number of benzene rings is 1. The summed E-state index contributed by atoms with van der Waals surface area (Å²) in [5.74, 6) is 0.312. The van der Waals surface area contributed by atoms with E-state index in [0.29, 0.717) is 49.8 Å². The summed E-state index contributed by atoms with van der Waals surface area (Å²) in [6.07, 6.45) is 6.49. The molecule has 3 amide bonds. The van der Waals surface area contributed by atoms with E-state index in [1.165, 1.54) is 0 Å². The van der Waals surface area contributed by atoms with Gasteiger partial charge in [0.2, 0.25) is 17.7 Å². The van der Waals surface area contributed by atoms with E-state index in [4.69, 9.17) is 11.6 Å². The van der Waals surface area contributed by atoms with Crippen molar-refractivity contribution in [2.24, 2.45) is 5.92 Å². The van der Waals surface area contributed by atoms with Gasteiger partial charge in [-0.25, -0.2) is 0 Å². The maximum absolute atomic E-state index is 13.7. The van der Waals surface area contributed by atoms with Crippen LogP contribution in [-0.4, -0.2) is 84.3 Å². The van der Waals surface area contributed by atoms with E-state index >= 15 is 0 Å². The first-order valence-electron chi connectivity index (χ1n) is 13.4. The Hall–Kier alpha value is -2.12. The van der Waals surface area contributed by atoms with Gasteiger partial charge in [0.15, 0.2) is 0 Å². The molecule has 0 bridgehead atoms. The van der Waals surface area contributed by atoms with Crippen LogP contribution in [0.3, 0.4) is 0 Å². The van der Waals surface area contributed by atoms with E-state index in [0.717, 1.165) is 37.7 Å².